The molecule has 0 aromatic heterocycles. The average molecular weight is 346 g/mol. The van der Waals surface area contributed by atoms with Gasteiger partial charge in [-0.25, -0.2) is 9.40 Å². The van der Waals surface area contributed by atoms with Gasteiger partial charge in [0, 0.05) is 17.0 Å². The van der Waals surface area contributed by atoms with Crippen molar-refractivity contribution < 1.29 is 9.18 Å². The maximum atomic E-state index is 13.2. The number of likely N-dealkylation sites (N-methyl/N-ethyl adjacent to an activating group) is 1. The smallest absolute Gasteiger partial charge is 0.257 e. The summed E-state index contributed by atoms with van der Waals surface area (Å²) in [5.74, 6) is -0.453. The number of carbonyl (C=O) groups is 1. The van der Waals surface area contributed by atoms with E-state index >= 15 is 0 Å². The fraction of sp³-hybridized carbons (Fsp3) is 0.222. The minimum atomic E-state index is -0.308. The molecule has 4 nitrogen and oxygen atoms in total. The van der Waals surface area contributed by atoms with E-state index in [0.717, 1.165) is 16.8 Å². The first-order valence-corrected chi connectivity index (χ1v) is 8.02. The van der Waals surface area contributed by atoms with Crippen LogP contribution in [0, 0.1) is 5.82 Å². The van der Waals surface area contributed by atoms with E-state index in [9.17, 15) is 9.18 Å². The number of nitrogens with one attached hydrogen (secondary N) is 1. The van der Waals surface area contributed by atoms with Gasteiger partial charge >= 0.3 is 0 Å². The molecule has 1 aliphatic rings. The van der Waals surface area contributed by atoms with Gasteiger partial charge in [0.1, 0.15) is 5.82 Å². The van der Waals surface area contributed by atoms with Crippen LogP contribution in [0.3, 0.4) is 0 Å². The number of hydrogen-bond acceptors (Lipinski definition) is 3. The van der Waals surface area contributed by atoms with E-state index in [1.165, 1.54) is 17.1 Å². The Bertz CT molecular complexity index is 776. The third-order valence-corrected chi connectivity index (χ3v) is 4.26. The molecule has 1 aliphatic heterocycles. The predicted molar refractivity (Wildman–Crippen MR) is 92.5 cm³/mol. The SMILES string of the molecule is CNCC(=O)N1N=C(c2ccccc2Cl)CC1c1ccc(F)cc1. The Labute approximate surface area is 144 Å². The highest BCUT2D eigenvalue weighted by Gasteiger charge is 2.33. The Balaban J connectivity index is 1.96. The number of rotatable bonds is 4. The molecule has 0 radical (unpaired) electrons. The highest BCUT2D eigenvalue weighted by atomic mass is 35.5. The highest BCUT2D eigenvalue weighted by molar-refractivity contribution is 6.34. The van der Waals surface area contributed by atoms with Gasteiger partial charge in [0.2, 0.25) is 0 Å². The van der Waals surface area contributed by atoms with Crippen molar-refractivity contribution in [3.05, 3.63) is 70.5 Å². The quantitative estimate of drug-likeness (QED) is 0.923. The highest BCUT2D eigenvalue weighted by Crippen LogP contribution is 2.34. The van der Waals surface area contributed by atoms with Crippen LogP contribution < -0.4 is 5.32 Å². The summed E-state index contributed by atoms with van der Waals surface area (Å²) in [5.41, 5.74) is 2.40. The lowest BCUT2D eigenvalue weighted by molar-refractivity contribution is -0.131. The van der Waals surface area contributed by atoms with Gasteiger partial charge in [0.05, 0.1) is 18.3 Å². The minimum absolute atomic E-state index is 0.145. The average Bonchev–Trinajstić information content (AvgIpc) is 3.01. The number of hydrazone groups is 1. The van der Waals surface area contributed by atoms with Crippen LogP contribution in [0.4, 0.5) is 4.39 Å². The molecule has 2 aromatic carbocycles. The van der Waals surface area contributed by atoms with Crippen molar-refractivity contribution in [1.82, 2.24) is 10.3 Å². The van der Waals surface area contributed by atoms with Gasteiger partial charge in [0.15, 0.2) is 0 Å². The zero-order chi connectivity index (χ0) is 17.1. The second-order valence-corrected chi connectivity index (χ2v) is 5.97. The first kappa shape index (κ1) is 16.6. The molecular formula is C18H17ClFN3O. The van der Waals surface area contributed by atoms with Crippen molar-refractivity contribution in [2.24, 2.45) is 5.10 Å². The largest absolute Gasteiger partial charge is 0.311 e. The lowest BCUT2D eigenvalue weighted by Gasteiger charge is -2.22. The summed E-state index contributed by atoms with van der Waals surface area (Å²) in [4.78, 5) is 12.4. The molecule has 2 aromatic rings. The summed E-state index contributed by atoms with van der Waals surface area (Å²) in [6.45, 7) is 0.178. The maximum absolute atomic E-state index is 13.2. The number of benzene rings is 2. The van der Waals surface area contributed by atoms with Crippen LogP contribution in [-0.2, 0) is 4.79 Å². The van der Waals surface area contributed by atoms with Gasteiger partial charge in [0.25, 0.3) is 5.91 Å². The topological polar surface area (TPSA) is 44.7 Å². The van der Waals surface area contributed by atoms with Crippen molar-refractivity contribution in [1.29, 1.82) is 0 Å². The number of halogens is 2. The monoisotopic (exact) mass is 345 g/mol. The second-order valence-electron chi connectivity index (χ2n) is 5.57. The molecule has 0 fully saturated rings. The zero-order valence-electron chi connectivity index (χ0n) is 13.2. The maximum Gasteiger partial charge on any atom is 0.257 e. The molecule has 1 unspecified atom stereocenters. The molecule has 1 heterocycles. The summed E-state index contributed by atoms with van der Waals surface area (Å²) in [5, 5.41) is 9.40. The molecule has 0 bridgehead atoms. The molecule has 6 heteroatoms. The predicted octanol–water partition coefficient (Wildman–Crippen LogP) is 3.38. The van der Waals surface area contributed by atoms with Crippen LogP contribution in [0.15, 0.2) is 53.6 Å². The van der Waals surface area contributed by atoms with Gasteiger partial charge in [-0.05, 0) is 30.8 Å². The summed E-state index contributed by atoms with van der Waals surface area (Å²) >= 11 is 6.26. The van der Waals surface area contributed by atoms with Crippen molar-refractivity contribution in [3.63, 3.8) is 0 Å². The van der Waals surface area contributed by atoms with Crippen molar-refractivity contribution in [3.8, 4) is 0 Å². The van der Waals surface area contributed by atoms with E-state index in [1.54, 1.807) is 25.2 Å². The van der Waals surface area contributed by atoms with E-state index in [1.807, 2.05) is 18.2 Å². The Morgan fingerprint density at radius 1 is 1.29 bits per heavy atom. The van der Waals surface area contributed by atoms with E-state index in [4.69, 9.17) is 11.6 Å². The minimum Gasteiger partial charge on any atom is -0.311 e. The van der Waals surface area contributed by atoms with Crippen molar-refractivity contribution in [2.45, 2.75) is 12.5 Å². The van der Waals surface area contributed by atoms with Crippen LogP contribution in [0.5, 0.6) is 0 Å². The van der Waals surface area contributed by atoms with Crippen LogP contribution in [-0.4, -0.2) is 30.2 Å². The van der Waals surface area contributed by atoms with Crippen LogP contribution in [0.2, 0.25) is 5.02 Å². The molecule has 1 atom stereocenters. The van der Waals surface area contributed by atoms with E-state index < -0.39 is 0 Å². The lowest BCUT2D eigenvalue weighted by atomic mass is 9.98. The third-order valence-electron chi connectivity index (χ3n) is 3.93. The number of amides is 1. The summed E-state index contributed by atoms with van der Waals surface area (Å²) < 4.78 is 13.2. The van der Waals surface area contributed by atoms with Gasteiger partial charge in [-0.3, -0.25) is 4.79 Å². The molecule has 1 amide bonds. The van der Waals surface area contributed by atoms with Gasteiger partial charge < -0.3 is 5.32 Å². The third kappa shape index (κ3) is 3.32. The van der Waals surface area contributed by atoms with Crippen molar-refractivity contribution >= 4 is 23.2 Å². The Morgan fingerprint density at radius 2 is 2.00 bits per heavy atom. The summed E-state index contributed by atoms with van der Waals surface area (Å²) in [6.07, 6.45) is 0.533. The molecule has 1 N–H and O–H groups in total. The lowest BCUT2D eigenvalue weighted by Crippen LogP contribution is -2.34. The normalized spacial score (nSPS) is 17.0. The van der Waals surface area contributed by atoms with E-state index in [0.29, 0.717) is 11.4 Å². The fourth-order valence-corrected chi connectivity index (χ4v) is 3.02. The second kappa shape index (κ2) is 7.11. The molecule has 0 saturated heterocycles. The van der Waals surface area contributed by atoms with Crippen LogP contribution in [0.1, 0.15) is 23.6 Å². The molecule has 124 valence electrons. The first-order chi connectivity index (χ1) is 11.6. The molecule has 0 spiro atoms. The number of hydrogen-bond donors (Lipinski definition) is 1. The number of carbonyl (C=O) groups excluding carboxylic acids is 1. The van der Waals surface area contributed by atoms with Gasteiger partial charge in [-0.15, -0.1) is 0 Å². The van der Waals surface area contributed by atoms with Gasteiger partial charge in [-0.1, -0.05) is 41.9 Å². The van der Waals surface area contributed by atoms with Gasteiger partial charge in [-0.2, -0.15) is 5.10 Å². The van der Waals surface area contributed by atoms with E-state index in [2.05, 4.69) is 10.4 Å². The Hall–Kier alpha value is -2.24. The van der Waals surface area contributed by atoms with Crippen molar-refractivity contribution in [2.75, 3.05) is 13.6 Å². The van der Waals surface area contributed by atoms with E-state index in [-0.39, 0.29) is 24.3 Å². The summed E-state index contributed by atoms with van der Waals surface area (Å²) in [7, 11) is 1.71. The number of nitrogens with zero attached hydrogens (tertiary/aromatic N) is 2. The molecule has 24 heavy (non-hydrogen) atoms. The molecule has 3 rings (SSSR count). The standard InChI is InChI=1S/C18H17ClFN3O/c1-21-11-18(24)23-17(12-6-8-13(20)9-7-12)10-16(22-23)14-4-2-3-5-15(14)19/h2-9,17,21H,10-11H2,1H3. The van der Waals surface area contributed by atoms with Crippen LogP contribution >= 0.6 is 11.6 Å². The molecule has 0 aliphatic carbocycles. The Morgan fingerprint density at radius 3 is 2.67 bits per heavy atom. The zero-order valence-corrected chi connectivity index (χ0v) is 13.9. The fourth-order valence-electron chi connectivity index (χ4n) is 2.78. The van der Waals surface area contributed by atoms with Crippen LogP contribution in [0.25, 0.3) is 0 Å². The molecule has 0 saturated carbocycles. The molecular weight excluding hydrogens is 329 g/mol. The summed E-state index contributed by atoms with van der Waals surface area (Å²) in [6, 6.07) is 13.3. The first-order valence-electron chi connectivity index (χ1n) is 7.64. The Kier molecular flexibility index (Phi) is 4.92.